The normalized spacial score (nSPS) is 12.5. The lowest BCUT2D eigenvalue weighted by atomic mass is 10.2. The molecule has 0 aliphatic rings. The van der Waals surface area contributed by atoms with Crippen molar-refractivity contribution in [2.24, 2.45) is 0 Å². The van der Waals surface area contributed by atoms with Gasteiger partial charge in [0.1, 0.15) is 11.6 Å². The van der Waals surface area contributed by atoms with Crippen molar-refractivity contribution in [3.8, 4) is 0 Å². The molecule has 0 bridgehead atoms. The Labute approximate surface area is 161 Å². The molecule has 0 saturated carbocycles. The molecule has 0 saturated heterocycles. The molecule has 0 spiro atoms. The Kier molecular flexibility index (Phi) is 6.47. The van der Waals surface area contributed by atoms with Crippen LogP contribution in [0.25, 0.3) is 0 Å². The standard InChI is InChI=1S/C18H18F2N2O5S/c1-11(17(23)21-13-6-4-5-12(19)9-13)27-18(24)15-10-14(7-8-16(15)20)28(25,26)22(2)3/h4-11H,1-3H3,(H,21,23)/t11-/m1/s1. The van der Waals surface area contributed by atoms with Crippen molar-refractivity contribution < 1.29 is 31.5 Å². The van der Waals surface area contributed by atoms with Crippen LogP contribution in [0.5, 0.6) is 0 Å². The summed E-state index contributed by atoms with van der Waals surface area (Å²) in [5.41, 5.74) is -0.480. The molecule has 2 aromatic carbocycles. The highest BCUT2D eigenvalue weighted by atomic mass is 32.2. The van der Waals surface area contributed by atoms with Gasteiger partial charge in [0.2, 0.25) is 10.0 Å². The van der Waals surface area contributed by atoms with Crippen molar-refractivity contribution >= 4 is 27.6 Å². The minimum absolute atomic E-state index is 0.151. The number of nitrogens with one attached hydrogen (secondary N) is 1. The number of hydrogen-bond acceptors (Lipinski definition) is 5. The Bertz CT molecular complexity index is 1010. The number of halogens is 2. The molecular formula is C18H18F2N2O5S. The van der Waals surface area contributed by atoms with E-state index in [1.54, 1.807) is 0 Å². The number of carbonyl (C=O) groups excluding carboxylic acids is 2. The predicted octanol–water partition coefficient (Wildman–Crippen LogP) is 2.40. The second-order valence-corrected chi connectivity index (χ2v) is 8.13. The van der Waals surface area contributed by atoms with Crippen molar-refractivity contribution in [3.63, 3.8) is 0 Å². The number of esters is 1. The number of nitrogens with zero attached hydrogens (tertiary/aromatic N) is 1. The third-order valence-electron chi connectivity index (χ3n) is 3.68. The van der Waals surface area contributed by atoms with Crippen LogP contribution in [-0.4, -0.2) is 44.8 Å². The zero-order valence-electron chi connectivity index (χ0n) is 15.3. The number of hydrogen-bond donors (Lipinski definition) is 1. The first-order chi connectivity index (χ1) is 13.0. The fourth-order valence-corrected chi connectivity index (χ4v) is 3.05. The van der Waals surface area contributed by atoms with Gasteiger partial charge in [-0.2, -0.15) is 0 Å². The highest BCUT2D eigenvalue weighted by molar-refractivity contribution is 7.89. The van der Waals surface area contributed by atoms with Crippen LogP contribution in [-0.2, 0) is 19.6 Å². The number of ether oxygens (including phenoxy) is 1. The van der Waals surface area contributed by atoms with Gasteiger partial charge >= 0.3 is 5.97 Å². The average Bonchev–Trinajstić information content (AvgIpc) is 2.61. The van der Waals surface area contributed by atoms with E-state index < -0.39 is 45.2 Å². The summed E-state index contributed by atoms with van der Waals surface area (Å²) in [6.07, 6.45) is -1.34. The molecule has 0 aliphatic carbocycles. The molecule has 1 atom stereocenters. The average molecular weight is 412 g/mol. The Balaban J connectivity index is 2.16. The summed E-state index contributed by atoms with van der Waals surface area (Å²) >= 11 is 0. The molecule has 0 fully saturated rings. The Morgan fingerprint density at radius 3 is 2.39 bits per heavy atom. The summed E-state index contributed by atoms with van der Waals surface area (Å²) in [4.78, 5) is 24.0. The van der Waals surface area contributed by atoms with Gasteiger partial charge in [0.05, 0.1) is 10.5 Å². The molecule has 0 aliphatic heterocycles. The molecule has 150 valence electrons. The highest BCUT2D eigenvalue weighted by Crippen LogP contribution is 2.19. The van der Waals surface area contributed by atoms with E-state index in [1.165, 1.54) is 39.2 Å². The van der Waals surface area contributed by atoms with Crippen LogP contribution in [0, 0.1) is 11.6 Å². The number of rotatable bonds is 6. The lowest BCUT2D eigenvalue weighted by Gasteiger charge is -2.15. The van der Waals surface area contributed by atoms with Crippen LogP contribution < -0.4 is 5.32 Å². The molecule has 0 unspecified atom stereocenters. The quantitative estimate of drug-likeness (QED) is 0.736. The number of amides is 1. The van der Waals surface area contributed by atoms with Crippen LogP contribution in [0.4, 0.5) is 14.5 Å². The van der Waals surface area contributed by atoms with E-state index in [1.807, 2.05) is 0 Å². The van der Waals surface area contributed by atoms with E-state index in [0.717, 1.165) is 28.6 Å². The monoisotopic (exact) mass is 412 g/mol. The maximum absolute atomic E-state index is 14.0. The smallest absolute Gasteiger partial charge is 0.341 e. The van der Waals surface area contributed by atoms with E-state index in [-0.39, 0.29) is 10.6 Å². The molecule has 2 aromatic rings. The van der Waals surface area contributed by atoms with Crippen molar-refractivity contribution in [3.05, 3.63) is 59.7 Å². The maximum Gasteiger partial charge on any atom is 0.341 e. The number of anilines is 1. The topological polar surface area (TPSA) is 92.8 Å². The second kappa shape index (κ2) is 8.44. The van der Waals surface area contributed by atoms with Crippen LogP contribution in [0.1, 0.15) is 17.3 Å². The van der Waals surface area contributed by atoms with Crippen LogP contribution in [0.3, 0.4) is 0 Å². The first-order valence-corrected chi connectivity index (χ1v) is 9.46. The Hall–Kier alpha value is -2.85. The van der Waals surface area contributed by atoms with E-state index in [0.29, 0.717) is 0 Å². The lowest BCUT2D eigenvalue weighted by molar-refractivity contribution is -0.123. The maximum atomic E-state index is 14.0. The second-order valence-electron chi connectivity index (χ2n) is 5.98. The molecule has 0 heterocycles. The van der Waals surface area contributed by atoms with Gasteiger partial charge in [0, 0.05) is 19.8 Å². The third kappa shape index (κ3) is 4.90. The summed E-state index contributed by atoms with van der Waals surface area (Å²) in [5.74, 6) is -3.55. The van der Waals surface area contributed by atoms with Gasteiger partial charge in [0.15, 0.2) is 6.10 Å². The van der Waals surface area contributed by atoms with Gasteiger partial charge in [-0.05, 0) is 43.3 Å². The zero-order chi connectivity index (χ0) is 21.1. The van der Waals surface area contributed by atoms with Crippen molar-refractivity contribution in [2.75, 3.05) is 19.4 Å². The van der Waals surface area contributed by atoms with Gasteiger partial charge in [-0.25, -0.2) is 26.3 Å². The lowest BCUT2D eigenvalue weighted by Crippen LogP contribution is -2.30. The molecule has 10 heteroatoms. The number of benzene rings is 2. The number of carbonyl (C=O) groups is 2. The minimum Gasteiger partial charge on any atom is -0.449 e. The van der Waals surface area contributed by atoms with Crippen molar-refractivity contribution in [2.45, 2.75) is 17.9 Å². The van der Waals surface area contributed by atoms with E-state index in [2.05, 4.69) is 5.32 Å². The first-order valence-electron chi connectivity index (χ1n) is 8.02. The van der Waals surface area contributed by atoms with E-state index in [4.69, 9.17) is 4.74 Å². The predicted molar refractivity (Wildman–Crippen MR) is 97.2 cm³/mol. The molecule has 28 heavy (non-hydrogen) atoms. The molecule has 0 radical (unpaired) electrons. The first kappa shape index (κ1) is 21.5. The summed E-state index contributed by atoms with van der Waals surface area (Å²) in [6, 6.07) is 7.76. The van der Waals surface area contributed by atoms with E-state index in [9.17, 15) is 26.8 Å². The fraction of sp³-hybridized carbons (Fsp3) is 0.222. The van der Waals surface area contributed by atoms with Crippen molar-refractivity contribution in [1.82, 2.24) is 4.31 Å². The molecule has 0 aromatic heterocycles. The minimum atomic E-state index is -3.90. The molecule has 1 amide bonds. The van der Waals surface area contributed by atoms with Gasteiger partial charge in [-0.15, -0.1) is 0 Å². The van der Waals surface area contributed by atoms with Crippen molar-refractivity contribution in [1.29, 1.82) is 0 Å². The summed E-state index contributed by atoms with van der Waals surface area (Å²) in [7, 11) is -1.32. The Morgan fingerprint density at radius 2 is 1.79 bits per heavy atom. The van der Waals surface area contributed by atoms with Gasteiger partial charge in [-0.3, -0.25) is 4.79 Å². The Morgan fingerprint density at radius 1 is 1.11 bits per heavy atom. The summed E-state index contributed by atoms with van der Waals surface area (Å²) in [5, 5.41) is 2.35. The number of sulfonamides is 1. The highest BCUT2D eigenvalue weighted by Gasteiger charge is 2.25. The van der Waals surface area contributed by atoms with Gasteiger partial charge in [-0.1, -0.05) is 6.07 Å². The van der Waals surface area contributed by atoms with Crippen LogP contribution in [0.15, 0.2) is 47.4 Å². The summed E-state index contributed by atoms with van der Waals surface area (Å²) < 4.78 is 57.3. The van der Waals surface area contributed by atoms with Crippen LogP contribution in [0.2, 0.25) is 0 Å². The third-order valence-corrected chi connectivity index (χ3v) is 5.49. The molecular weight excluding hydrogens is 394 g/mol. The largest absolute Gasteiger partial charge is 0.449 e. The van der Waals surface area contributed by atoms with Gasteiger partial charge < -0.3 is 10.1 Å². The summed E-state index contributed by atoms with van der Waals surface area (Å²) in [6.45, 7) is 1.24. The van der Waals surface area contributed by atoms with Gasteiger partial charge in [0.25, 0.3) is 5.91 Å². The molecule has 7 nitrogen and oxygen atoms in total. The molecule has 2 rings (SSSR count). The van der Waals surface area contributed by atoms with E-state index >= 15 is 0 Å². The SMILES string of the molecule is C[C@@H](OC(=O)c1cc(S(=O)(=O)N(C)C)ccc1F)C(=O)Nc1cccc(F)c1. The fourth-order valence-electron chi connectivity index (χ4n) is 2.12. The molecule has 1 N–H and O–H groups in total. The van der Waals surface area contributed by atoms with Crippen LogP contribution >= 0.6 is 0 Å². The zero-order valence-corrected chi connectivity index (χ0v) is 16.1.